The second-order valence-corrected chi connectivity index (χ2v) is 4.94. The molecule has 0 unspecified atom stereocenters. The van der Waals surface area contributed by atoms with Crippen molar-refractivity contribution in [2.24, 2.45) is 0 Å². The summed E-state index contributed by atoms with van der Waals surface area (Å²) in [6.07, 6.45) is 1.19. The van der Waals surface area contributed by atoms with Crippen LogP contribution < -0.4 is 4.74 Å². The second kappa shape index (κ2) is 5.46. The van der Waals surface area contributed by atoms with E-state index in [0.29, 0.717) is 16.8 Å². The van der Waals surface area contributed by atoms with Crippen molar-refractivity contribution in [3.63, 3.8) is 0 Å². The molecule has 0 amide bonds. The number of halogens is 1. The number of aromatic nitrogens is 4. The Labute approximate surface area is 118 Å². The Balaban J connectivity index is 1.89. The van der Waals surface area contributed by atoms with E-state index in [1.807, 2.05) is 25.1 Å². The van der Waals surface area contributed by atoms with E-state index in [0.717, 1.165) is 16.8 Å². The first-order valence-corrected chi connectivity index (χ1v) is 6.84. The van der Waals surface area contributed by atoms with Crippen LogP contribution in [-0.2, 0) is 0 Å². The van der Waals surface area contributed by atoms with Gasteiger partial charge in [0.05, 0.1) is 17.6 Å². The lowest BCUT2D eigenvalue weighted by Gasteiger charge is -2.00. The summed E-state index contributed by atoms with van der Waals surface area (Å²) < 4.78 is 18.4. The fourth-order valence-electron chi connectivity index (χ4n) is 1.74. The molecule has 0 fully saturated rings. The van der Waals surface area contributed by atoms with Crippen LogP contribution in [0.1, 0.15) is 6.92 Å². The maximum absolute atomic E-state index is 13.0. The highest BCUT2D eigenvalue weighted by Crippen LogP contribution is 2.27. The van der Waals surface area contributed by atoms with Crippen molar-refractivity contribution in [2.45, 2.75) is 17.1 Å². The molecular formula is C13H11FN4OS. The molecule has 0 spiro atoms. The minimum absolute atomic E-state index is 0.501. The van der Waals surface area contributed by atoms with Gasteiger partial charge in [-0.25, -0.2) is 15.0 Å². The van der Waals surface area contributed by atoms with Crippen LogP contribution in [0.15, 0.2) is 40.8 Å². The zero-order valence-corrected chi connectivity index (χ0v) is 11.4. The molecule has 5 nitrogen and oxygen atoms in total. The minimum Gasteiger partial charge on any atom is -0.494 e. The molecule has 1 aromatic carbocycles. The zero-order chi connectivity index (χ0) is 13.9. The van der Waals surface area contributed by atoms with Crippen LogP contribution in [0.4, 0.5) is 4.39 Å². The van der Waals surface area contributed by atoms with Gasteiger partial charge >= 0.3 is 0 Å². The molecule has 0 saturated heterocycles. The molecule has 0 aliphatic rings. The minimum atomic E-state index is -0.558. The largest absolute Gasteiger partial charge is 0.494 e. The number of fused-ring (bicyclic) bond motifs is 1. The first-order valence-electron chi connectivity index (χ1n) is 6.02. The molecule has 0 saturated carbocycles. The van der Waals surface area contributed by atoms with Crippen LogP contribution in [0.3, 0.4) is 0 Å². The van der Waals surface area contributed by atoms with Crippen molar-refractivity contribution in [3.05, 3.63) is 36.5 Å². The summed E-state index contributed by atoms with van der Waals surface area (Å²) in [6.45, 7) is 2.55. The number of benzene rings is 1. The monoisotopic (exact) mass is 290 g/mol. The van der Waals surface area contributed by atoms with E-state index < -0.39 is 5.95 Å². The third kappa shape index (κ3) is 2.72. The highest BCUT2D eigenvalue weighted by Gasteiger charge is 2.07. The number of nitrogens with zero attached hydrogens (tertiary/aromatic N) is 3. The third-order valence-corrected chi connectivity index (χ3v) is 3.37. The Morgan fingerprint density at radius 3 is 3.00 bits per heavy atom. The van der Waals surface area contributed by atoms with Gasteiger partial charge in [-0.2, -0.15) is 4.39 Å². The molecule has 7 heteroatoms. The van der Waals surface area contributed by atoms with Gasteiger partial charge < -0.3 is 9.72 Å². The summed E-state index contributed by atoms with van der Waals surface area (Å²) >= 11 is 1.25. The van der Waals surface area contributed by atoms with E-state index in [-0.39, 0.29) is 0 Å². The normalized spacial score (nSPS) is 10.9. The van der Waals surface area contributed by atoms with Gasteiger partial charge in [-0.05, 0) is 30.8 Å². The molecular weight excluding hydrogens is 279 g/mol. The molecule has 0 aliphatic carbocycles. The fourth-order valence-corrected chi connectivity index (χ4v) is 2.50. The van der Waals surface area contributed by atoms with Gasteiger partial charge in [0, 0.05) is 12.1 Å². The maximum Gasteiger partial charge on any atom is 0.217 e. The highest BCUT2D eigenvalue weighted by atomic mass is 32.2. The molecule has 0 atom stereocenters. The van der Waals surface area contributed by atoms with Crippen molar-refractivity contribution < 1.29 is 9.13 Å². The van der Waals surface area contributed by atoms with Crippen molar-refractivity contribution >= 4 is 22.8 Å². The van der Waals surface area contributed by atoms with Crippen LogP contribution >= 0.6 is 11.8 Å². The van der Waals surface area contributed by atoms with Crippen molar-refractivity contribution in [2.75, 3.05) is 6.61 Å². The van der Waals surface area contributed by atoms with Gasteiger partial charge in [0.25, 0.3) is 0 Å². The van der Waals surface area contributed by atoms with Crippen LogP contribution in [-0.4, -0.2) is 26.5 Å². The number of hydrogen-bond acceptors (Lipinski definition) is 5. The number of rotatable bonds is 4. The lowest BCUT2D eigenvalue weighted by molar-refractivity contribution is 0.340. The van der Waals surface area contributed by atoms with Crippen molar-refractivity contribution in [3.8, 4) is 5.75 Å². The van der Waals surface area contributed by atoms with E-state index in [4.69, 9.17) is 4.74 Å². The average molecular weight is 290 g/mol. The lowest BCUT2D eigenvalue weighted by Crippen LogP contribution is -1.90. The smallest absolute Gasteiger partial charge is 0.217 e. The Hall–Kier alpha value is -2.15. The summed E-state index contributed by atoms with van der Waals surface area (Å²) in [5.74, 6) is 0.227. The Morgan fingerprint density at radius 2 is 2.20 bits per heavy atom. The molecule has 102 valence electrons. The van der Waals surface area contributed by atoms with E-state index in [1.165, 1.54) is 24.2 Å². The molecule has 3 rings (SSSR count). The van der Waals surface area contributed by atoms with Gasteiger partial charge in [0.1, 0.15) is 17.1 Å². The number of hydrogen-bond donors (Lipinski definition) is 1. The maximum atomic E-state index is 13.0. The summed E-state index contributed by atoms with van der Waals surface area (Å²) in [5.41, 5.74) is 1.69. The van der Waals surface area contributed by atoms with Gasteiger partial charge in [0.2, 0.25) is 5.95 Å². The molecule has 1 N–H and O–H groups in total. The molecule has 2 aromatic heterocycles. The van der Waals surface area contributed by atoms with E-state index >= 15 is 0 Å². The summed E-state index contributed by atoms with van der Waals surface area (Å²) in [4.78, 5) is 15.0. The van der Waals surface area contributed by atoms with E-state index in [9.17, 15) is 4.39 Å². The van der Waals surface area contributed by atoms with Gasteiger partial charge in [-0.1, -0.05) is 0 Å². The van der Waals surface area contributed by atoms with Crippen molar-refractivity contribution in [1.82, 2.24) is 19.9 Å². The Bertz CT molecular complexity index is 746. The summed E-state index contributed by atoms with van der Waals surface area (Å²) in [7, 11) is 0. The van der Waals surface area contributed by atoms with E-state index in [2.05, 4.69) is 19.9 Å². The predicted octanol–water partition coefficient (Wildman–Crippen LogP) is 3.04. The van der Waals surface area contributed by atoms with Gasteiger partial charge in [-0.3, -0.25) is 0 Å². The third-order valence-electron chi connectivity index (χ3n) is 2.55. The molecule has 0 aliphatic heterocycles. The number of H-pyrrole nitrogens is 1. The molecule has 0 radical (unpaired) electrons. The highest BCUT2D eigenvalue weighted by molar-refractivity contribution is 7.99. The molecule has 0 bridgehead atoms. The SMILES string of the molecule is CCOc1ccc2nc(Sc3cc(F)ncn3)[nH]c2c1. The molecule has 2 heterocycles. The standard InChI is InChI=1S/C13H11FN4OS/c1-2-19-8-3-4-9-10(5-8)18-13(17-9)20-12-6-11(14)15-7-16-12/h3-7H,2H2,1H3,(H,17,18). The number of nitrogens with one attached hydrogen (secondary N) is 1. The Morgan fingerprint density at radius 1 is 1.30 bits per heavy atom. The average Bonchev–Trinajstić information content (AvgIpc) is 2.80. The molecule has 3 aromatic rings. The first-order chi connectivity index (χ1) is 9.74. The quantitative estimate of drug-likeness (QED) is 0.748. The summed E-state index contributed by atoms with van der Waals surface area (Å²) in [6, 6.07) is 6.90. The van der Waals surface area contributed by atoms with Crippen molar-refractivity contribution in [1.29, 1.82) is 0 Å². The number of ether oxygens (including phenoxy) is 1. The molecule has 20 heavy (non-hydrogen) atoms. The van der Waals surface area contributed by atoms with E-state index in [1.54, 1.807) is 0 Å². The zero-order valence-electron chi connectivity index (χ0n) is 10.6. The van der Waals surface area contributed by atoms with Crippen LogP contribution in [0, 0.1) is 5.95 Å². The first kappa shape index (κ1) is 12.9. The van der Waals surface area contributed by atoms with Gasteiger partial charge in [-0.15, -0.1) is 0 Å². The predicted molar refractivity (Wildman–Crippen MR) is 73.4 cm³/mol. The second-order valence-electron chi connectivity index (χ2n) is 3.93. The van der Waals surface area contributed by atoms with Crippen LogP contribution in [0.5, 0.6) is 5.75 Å². The Kier molecular flexibility index (Phi) is 3.51. The fraction of sp³-hybridized carbons (Fsp3) is 0.154. The van der Waals surface area contributed by atoms with Gasteiger partial charge in [0.15, 0.2) is 5.16 Å². The lowest BCUT2D eigenvalue weighted by atomic mass is 10.3. The number of aromatic amines is 1. The summed E-state index contributed by atoms with van der Waals surface area (Å²) in [5, 5.41) is 1.15. The topological polar surface area (TPSA) is 63.7 Å². The van der Waals surface area contributed by atoms with Crippen LogP contribution in [0.2, 0.25) is 0 Å². The number of imidazole rings is 1. The van der Waals surface area contributed by atoms with Crippen LogP contribution in [0.25, 0.3) is 11.0 Å².